The third kappa shape index (κ3) is 4.28. The van der Waals surface area contributed by atoms with Crippen molar-refractivity contribution in [2.75, 3.05) is 0 Å². The van der Waals surface area contributed by atoms with Crippen LogP contribution in [0.4, 0.5) is 0 Å². The van der Waals surface area contributed by atoms with Crippen molar-refractivity contribution in [1.82, 2.24) is 0 Å². The molecule has 0 N–H and O–H groups in total. The third-order valence-electron chi connectivity index (χ3n) is 3.71. The summed E-state index contributed by atoms with van der Waals surface area (Å²) >= 11 is 0. The van der Waals surface area contributed by atoms with Crippen LogP contribution in [0.1, 0.15) is 20.8 Å². The van der Waals surface area contributed by atoms with Gasteiger partial charge in [0, 0.05) is 0 Å². The lowest BCUT2D eigenvalue weighted by atomic mass is 10.6. The zero-order valence-electron chi connectivity index (χ0n) is 12.0. The maximum atomic E-state index is 3.84. The van der Waals surface area contributed by atoms with E-state index in [4.69, 9.17) is 0 Å². The van der Waals surface area contributed by atoms with Crippen LogP contribution in [-0.4, -0.2) is 16.1 Å². The second kappa shape index (κ2) is 6.43. The summed E-state index contributed by atoms with van der Waals surface area (Å²) in [6.45, 7) is 17.9. The molecule has 0 aliphatic carbocycles. The van der Waals surface area contributed by atoms with Gasteiger partial charge in [0.15, 0.2) is 0 Å². The summed E-state index contributed by atoms with van der Waals surface area (Å²) in [6.07, 6.45) is 2.35. The Labute approximate surface area is 104 Å². The fourth-order valence-electron chi connectivity index (χ4n) is 1.94. The normalized spacial score (nSPS) is 12.9. The second-order valence-electron chi connectivity index (χ2n) is 5.60. The minimum atomic E-state index is -1.25. The molecule has 0 fully saturated rings. The molecular weight excluding hydrogens is 224 g/mol. The van der Waals surface area contributed by atoms with Gasteiger partial charge in [0.25, 0.3) is 0 Å². The zero-order valence-corrected chi connectivity index (χ0v) is 14.0. The Morgan fingerprint density at radius 3 is 1.75 bits per heavy atom. The number of rotatable bonds is 6. The van der Waals surface area contributed by atoms with Crippen LogP contribution in [0.15, 0.2) is 29.3 Å². The molecule has 16 heavy (non-hydrogen) atoms. The lowest BCUT2D eigenvalue weighted by molar-refractivity contribution is 1.19. The van der Waals surface area contributed by atoms with Gasteiger partial charge in [0.05, 0.1) is 16.1 Å². The predicted octanol–water partition coefficient (Wildman–Crippen LogP) is 5.18. The van der Waals surface area contributed by atoms with Gasteiger partial charge in [-0.15, -0.1) is 5.73 Å². The van der Waals surface area contributed by atoms with E-state index in [9.17, 15) is 0 Å². The molecule has 0 saturated carbocycles. The Hall–Kier alpha value is -0.306. The first-order valence-electron chi connectivity index (χ1n) is 6.45. The van der Waals surface area contributed by atoms with Gasteiger partial charge >= 0.3 is 0 Å². The van der Waals surface area contributed by atoms with Gasteiger partial charge in [-0.3, -0.25) is 0 Å². The summed E-state index contributed by atoms with van der Waals surface area (Å²) in [5.74, 6) is 0. The van der Waals surface area contributed by atoms with E-state index < -0.39 is 16.1 Å². The fraction of sp³-hybridized carbons (Fsp3) is 0.643. The Bertz CT molecular complexity index is 276. The van der Waals surface area contributed by atoms with E-state index in [0.29, 0.717) is 0 Å². The molecule has 0 spiro atoms. The van der Waals surface area contributed by atoms with Gasteiger partial charge in [0.1, 0.15) is 0 Å². The molecule has 0 unspecified atom stereocenters. The molecule has 0 amide bonds. The predicted molar refractivity (Wildman–Crippen MR) is 82.3 cm³/mol. The van der Waals surface area contributed by atoms with E-state index in [1.165, 1.54) is 23.3 Å². The van der Waals surface area contributed by atoms with Crippen LogP contribution in [0.5, 0.6) is 0 Å². The van der Waals surface area contributed by atoms with Crippen LogP contribution >= 0.6 is 0 Å². The Morgan fingerprint density at radius 1 is 1.06 bits per heavy atom. The standard InChI is InChI=1S/C14H28Si2/c1-8-14(15(5,6)7)12-13-16(9-2,10-3)11-4/h12-13H,1,9-11H2,2-7H3/b13-12+. The molecule has 0 aromatic heterocycles. The Morgan fingerprint density at radius 2 is 1.50 bits per heavy atom. The first kappa shape index (κ1) is 15.7. The third-order valence-corrected chi connectivity index (χ3v) is 10.8. The van der Waals surface area contributed by atoms with Gasteiger partial charge in [-0.25, -0.2) is 0 Å². The molecule has 2 heteroatoms. The van der Waals surface area contributed by atoms with Crippen LogP contribution in [0.3, 0.4) is 0 Å². The van der Waals surface area contributed by atoms with Crippen molar-refractivity contribution < 1.29 is 0 Å². The van der Waals surface area contributed by atoms with Crippen molar-refractivity contribution in [3.8, 4) is 0 Å². The highest BCUT2D eigenvalue weighted by atomic mass is 28.3. The molecule has 0 aromatic carbocycles. The first-order chi connectivity index (χ1) is 7.35. The molecule has 0 aliphatic heterocycles. The summed E-state index contributed by atoms with van der Waals surface area (Å²) in [4.78, 5) is 0. The molecule has 0 aromatic rings. The summed E-state index contributed by atoms with van der Waals surface area (Å²) in [7, 11) is -2.37. The lowest BCUT2D eigenvalue weighted by Crippen LogP contribution is -2.29. The van der Waals surface area contributed by atoms with E-state index in [1.54, 1.807) is 0 Å². The smallest absolute Gasteiger partial charge is 0.0875 e. The monoisotopic (exact) mass is 252 g/mol. The maximum absolute atomic E-state index is 3.84. The van der Waals surface area contributed by atoms with Crippen LogP contribution in [0.25, 0.3) is 0 Å². The second-order valence-corrected chi connectivity index (χ2v) is 15.8. The van der Waals surface area contributed by atoms with E-state index in [1.807, 2.05) is 0 Å². The quantitative estimate of drug-likeness (QED) is 0.347. The average molecular weight is 253 g/mol. The van der Waals surface area contributed by atoms with Crippen molar-refractivity contribution in [3.05, 3.63) is 29.3 Å². The molecule has 0 heterocycles. The Kier molecular flexibility index (Phi) is 6.31. The minimum absolute atomic E-state index is 1.12. The molecule has 92 valence electrons. The maximum Gasteiger partial charge on any atom is 0.0875 e. The molecule has 0 nitrogen and oxygen atoms in total. The van der Waals surface area contributed by atoms with Crippen molar-refractivity contribution in [1.29, 1.82) is 0 Å². The molecule has 0 radical (unpaired) electrons. The van der Waals surface area contributed by atoms with Crippen LogP contribution < -0.4 is 0 Å². The van der Waals surface area contributed by atoms with E-state index >= 15 is 0 Å². The van der Waals surface area contributed by atoms with E-state index in [0.717, 1.165) is 0 Å². The van der Waals surface area contributed by atoms with Crippen molar-refractivity contribution in [2.45, 2.75) is 58.5 Å². The summed E-state index contributed by atoms with van der Waals surface area (Å²) in [6, 6.07) is 4.06. The number of hydrogen-bond donors (Lipinski definition) is 0. The largest absolute Gasteiger partial charge is 0.130 e. The SMILES string of the molecule is C=C=C(/C=C/[Si](CC)(CC)CC)[Si](C)(C)C. The summed E-state index contributed by atoms with van der Waals surface area (Å²) in [5, 5.41) is 1.37. The topological polar surface area (TPSA) is 0 Å². The summed E-state index contributed by atoms with van der Waals surface area (Å²) in [5.41, 5.74) is 5.69. The van der Waals surface area contributed by atoms with Gasteiger partial charge in [-0.05, 0) is 5.20 Å². The van der Waals surface area contributed by atoms with Crippen LogP contribution in [0, 0.1) is 0 Å². The zero-order chi connectivity index (χ0) is 12.8. The highest BCUT2D eigenvalue weighted by Gasteiger charge is 2.24. The van der Waals surface area contributed by atoms with Crippen molar-refractivity contribution in [2.24, 2.45) is 0 Å². The van der Waals surface area contributed by atoms with Gasteiger partial charge in [-0.1, -0.05) is 76.9 Å². The fourth-order valence-corrected chi connectivity index (χ4v) is 5.95. The van der Waals surface area contributed by atoms with Crippen molar-refractivity contribution >= 4 is 16.1 Å². The molecule has 0 saturated heterocycles. The molecular formula is C14H28Si2. The van der Waals surface area contributed by atoms with Crippen LogP contribution in [-0.2, 0) is 0 Å². The van der Waals surface area contributed by atoms with Crippen LogP contribution in [0.2, 0.25) is 37.8 Å². The van der Waals surface area contributed by atoms with Crippen molar-refractivity contribution in [3.63, 3.8) is 0 Å². The number of allylic oxidation sites excluding steroid dienone is 2. The van der Waals surface area contributed by atoms with Gasteiger partial charge in [0.2, 0.25) is 0 Å². The molecule has 0 rings (SSSR count). The first-order valence-corrected chi connectivity index (χ1v) is 12.6. The van der Waals surface area contributed by atoms with Gasteiger partial charge in [-0.2, -0.15) is 0 Å². The molecule has 0 bridgehead atoms. The molecule has 0 atom stereocenters. The average Bonchev–Trinajstić information content (AvgIpc) is 2.24. The van der Waals surface area contributed by atoms with Gasteiger partial charge < -0.3 is 0 Å². The Balaban J connectivity index is 5.01. The minimum Gasteiger partial charge on any atom is -0.130 e. The molecule has 0 aliphatic rings. The van der Waals surface area contributed by atoms with E-state index in [2.05, 4.69) is 64.5 Å². The highest BCUT2D eigenvalue weighted by molar-refractivity contribution is 6.86. The van der Waals surface area contributed by atoms with E-state index in [-0.39, 0.29) is 0 Å². The highest BCUT2D eigenvalue weighted by Crippen LogP contribution is 2.23. The lowest BCUT2D eigenvalue weighted by Gasteiger charge is -2.24. The number of hydrogen-bond acceptors (Lipinski definition) is 0. The summed E-state index contributed by atoms with van der Waals surface area (Å²) < 4.78 is 0.